The number of amides is 9. The number of benzene rings is 7. The molecule has 91 heavy (non-hydrogen) atoms. The lowest BCUT2D eigenvalue weighted by Gasteiger charge is -2.37. The van der Waals surface area contributed by atoms with Gasteiger partial charge in [-0.25, -0.2) is 33.8 Å². The molecule has 0 saturated carbocycles. The smallest absolute Gasteiger partial charge is 0.420 e. The highest BCUT2D eigenvalue weighted by molar-refractivity contribution is 6.09. The number of carbonyl (C=O) groups is 10. The van der Waals surface area contributed by atoms with Crippen molar-refractivity contribution in [2.75, 3.05) is 19.8 Å². The Morgan fingerprint density at radius 3 is 1.24 bits per heavy atom. The lowest BCUT2D eigenvalue weighted by Crippen LogP contribution is -2.64. The first kappa shape index (κ1) is 66.2. The third-order valence-corrected chi connectivity index (χ3v) is 14.8. The minimum atomic E-state index is -2.48. The second-order valence-electron chi connectivity index (χ2n) is 21.6. The Morgan fingerprint density at radius 2 is 0.813 bits per heavy atom. The van der Waals surface area contributed by atoms with Crippen molar-refractivity contribution in [3.63, 3.8) is 0 Å². The van der Waals surface area contributed by atoms with Crippen molar-refractivity contribution in [2.45, 2.75) is 90.1 Å². The van der Waals surface area contributed by atoms with Crippen molar-refractivity contribution in [3.8, 4) is 11.1 Å². The zero-order valence-corrected chi connectivity index (χ0v) is 50.3. The molecular formula is C70H69N5O16. The molecule has 0 spiro atoms. The summed E-state index contributed by atoms with van der Waals surface area (Å²) in [6.07, 6.45) is -7.91. The molecule has 7 aromatic rings. The number of rotatable bonds is 25. The number of nitrogens with one attached hydrogen (secondary N) is 1. The lowest BCUT2D eigenvalue weighted by atomic mass is 9.98. The second-order valence-corrected chi connectivity index (χ2v) is 21.6. The van der Waals surface area contributed by atoms with E-state index in [2.05, 4.69) is 5.32 Å². The highest BCUT2D eigenvalue weighted by Crippen LogP contribution is 2.44. The Kier molecular flexibility index (Phi) is 23.6. The number of imide groups is 4. The van der Waals surface area contributed by atoms with Gasteiger partial charge in [0.25, 0.3) is 23.6 Å². The lowest BCUT2D eigenvalue weighted by molar-refractivity contribution is -0.156. The van der Waals surface area contributed by atoms with Gasteiger partial charge >= 0.3 is 30.5 Å². The molecule has 0 aliphatic heterocycles. The van der Waals surface area contributed by atoms with E-state index in [0.717, 1.165) is 29.2 Å². The number of ether oxygens (including phenoxy) is 5. The van der Waals surface area contributed by atoms with Gasteiger partial charge in [-0.2, -0.15) is 4.90 Å². The first-order valence-electron chi connectivity index (χ1n) is 29.4. The topological polar surface area (TPSA) is 262 Å². The van der Waals surface area contributed by atoms with Gasteiger partial charge in [-0.15, -0.1) is 0 Å². The Balaban J connectivity index is 1.20. The molecule has 4 atom stereocenters. The fraction of sp³-hybridized carbons (Fsp3) is 0.257. The normalized spacial score (nSPS) is 12.7. The van der Waals surface area contributed by atoms with Crippen LogP contribution in [0.3, 0.4) is 0 Å². The Morgan fingerprint density at radius 1 is 0.440 bits per heavy atom. The third kappa shape index (κ3) is 17.3. The van der Waals surface area contributed by atoms with Crippen molar-refractivity contribution >= 4 is 60.4 Å². The van der Waals surface area contributed by atoms with Crippen LogP contribution < -0.4 is 5.32 Å². The van der Waals surface area contributed by atoms with Crippen LogP contribution in [0.25, 0.3) is 11.1 Å². The van der Waals surface area contributed by atoms with Gasteiger partial charge in [-0.3, -0.25) is 24.1 Å². The van der Waals surface area contributed by atoms with Crippen LogP contribution in [0.5, 0.6) is 0 Å². The molecular weight excluding hydrogens is 1170 g/mol. The summed E-state index contributed by atoms with van der Waals surface area (Å²) in [5, 5.41) is 13.7. The van der Waals surface area contributed by atoms with Crippen molar-refractivity contribution in [3.05, 3.63) is 239 Å². The quantitative estimate of drug-likeness (QED) is 0.0398. The zero-order chi connectivity index (χ0) is 64.8. The van der Waals surface area contributed by atoms with Crippen molar-refractivity contribution < 1.29 is 76.7 Å². The van der Waals surface area contributed by atoms with E-state index in [4.69, 9.17) is 23.7 Å². The minimum absolute atomic E-state index is 0.173. The zero-order valence-electron chi connectivity index (χ0n) is 50.3. The van der Waals surface area contributed by atoms with Gasteiger partial charge in [-0.05, 0) is 69.3 Å². The Labute approximate surface area is 526 Å². The summed E-state index contributed by atoms with van der Waals surface area (Å²) in [5.74, 6) is -6.94. The molecule has 0 fully saturated rings. The number of carbonyl (C=O) groups excluding carboxylic acids is 10. The van der Waals surface area contributed by atoms with Crippen LogP contribution in [0.1, 0.15) is 72.1 Å². The van der Waals surface area contributed by atoms with Gasteiger partial charge in [-0.1, -0.05) is 214 Å². The fourth-order valence-electron chi connectivity index (χ4n) is 10.4. The summed E-state index contributed by atoms with van der Waals surface area (Å²) in [6.45, 7) is -0.123. The summed E-state index contributed by atoms with van der Waals surface area (Å²) >= 11 is 0. The monoisotopic (exact) mass is 1240 g/mol. The van der Waals surface area contributed by atoms with Crippen molar-refractivity contribution in [2.24, 2.45) is 5.92 Å². The number of hydrogen-bond acceptors (Lipinski definition) is 16. The summed E-state index contributed by atoms with van der Waals surface area (Å²) in [6, 6.07) is 47.5. The van der Waals surface area contributed by atoms with Crippen LogP contribution in [0, 0.1) is 5.92 Å². The molecule has 0 saturated heterocycles. The minimum Gasteiger partial charge on any atom is -0.448 e. The Bertz CT molecular complexity index is 3610. The van der Waals surface area contributed by atoms with Gasteiger partial charge in [0, 0.05) is 12.3 Å². The molecule has 0 heterocycles. The van der Waals surface area contributed by atoms with E-state index in [-0.39, 0.29) is 41.3 Å². The third-order valence-electron chi connectivity index (χ3n) is 14.8. The molecule has 9 amide bonds. The van der Waals surface area contributed by atoms with E-state index in [1.807, 2.05) is 48.5 Å². The molecule has 0 radical (unpaired) electrons. The summed E-state index contributed by atoms with van der Waals surface area (Å²) in [7, 11) is 0. The molecule has 21 nitrogen and oxygen atoms in total. The number of hydrogen-bond donors (Lipinski definition) is 2. The molecule has 21 heteroatoms. The number of nitrogens with zero attached hydrogens (tertiary/aromatic N) is 4. The number of aliphatic hydroxyl groups is 1. The number of fused-ring (bicyclic) bond motifs is 3. The summed E-state index contributed by atoms with van der Waals surface area (Å²) < 4.78 is 28.4. The molecule has 1 aliphatic carbocycles. The van der Waals surface area contributed by atoms with E-state index in [9.17, 15) is 33.9 Å². The molecule has 0 aromatic heterocycles. The average Bonchev–Trinajstić information content (AvgIpc) is 1.75. The van der Waals surface area contributed by atoms with Gasteiger partial charge in [0.1, 0.15) is 63.5 Å². The van der Waals surface area contributed by atoms with Crippen LogP contribution in [0.15, 0.2) is 200 Å². The first-order chi connectivity index (χ1) is 44.1. The molecule has 470 valence electrons. The van der Waals surface area contributed by atoms with Gasteiger partial charge < -0.3 is 38.9 Å². The maximum Gasteiger partial charge on any atom is 0.420 e. The van der Waals surface area contributed by atoms with Gasteiger partial charge in [0.15, 0.2) is 0 Å². The van der Waals surface area contributed by atoms with Crippen LogP contribution in [0.2, 0.25) is 0 Å². The largest absolute Gasteiger partial charge is 0.448 e. The van der Waals surface area contributed by atoms with Crippen LogP contribution >= 0.6 is 0 Å². The fourth-order valence-corrected chi connectivity index (χ4v) is 10.4. The maximum absolute atomic E-state index is 16.0. The first-order valence-corrected chi connectivity index (χ1v) is 29.4. The molecule has 1 aliphatic rings. The van der Waals surface area contributed by atoms with E-state index in [1.54, 1.807) is 153 Å². The standard InChI is InChI=1S/C70H69N5O16/c1-47(2)39-59(75(69(85)90-45-53-31-17-8-18-32-53)70(86)91-46-58-56-35-21-19-33-54(56)55-34-20-22-36-57(55)58)63(79)72(37-38-76)64(80)60(40-49-23-9-4-10-24-49)73(67(83)88-43-51-27-13-6-14-28-51)65(81)61(41-77)74(68(84)89-44-52-29-15-7-16-30-52)62(78)48(3)71-66(82)87-42-50-25-11-5-12-26-50/h4-36,38,47-48,58-61,77H,37,39-46H2,1-3H3,(H,71,82)/t48-,59-,60-,61-/m0/s1. The van der Waals surface area contributed by atoms with Crippen molar-refractivity contribution in [1.29, 1.82) is 0 Å². The van der Waals surface area contributed by atoms with Crippen LogP contribution in [-0.2, 0) is 80.5 Å². The number of aliphatic hydroxyl groups excluding tert-OH is 1. The average molecular weight is 1240 g/mol. The number of aldehydes is 1. The van der Waals surface area contributed by atoms with Gasteiger partial charge in [0.05, 0.1) is 13.2 Å². The number of alkyl carbamates (subject to hydrolysis) is 1. The molecule has 0 bridgehead atoms. The van der Waals surface area contributed by atoms with Crippen LogP contribution in [-0.4, -0.2) is 129 Å². The highest BCUT2D eigenvalue weighted by Gasteiger charge is 2.49. The summed E-state index contributed by atoms with van der Waals surface area (Å²) in [5.41, 5.74) is 5.56. The van der Waals surface area contributed by atoms with E-state index < -0.39 is 129 Å². The van der Waals surface area contributed by atoms with Crippen molar-refractivity contribution in [1.82, 2.24) is 24.9 Å². The molecule has 8 rings (SSSR count). The predicted molar refractivity (Wildman–Crippen MR) is 331 cm³/mol. The summed E-state index contributed by atoms with van der Waals surface area (Å²) in [4.78, 5) is 149. The second kappa shape index (κ2) is 32.4. The maximum atomic E-state index is 16.0. The van der Waals surface area contributed by atoms with Gasteiger partial charge in [0.2, 0.25) is 0 Å². The molecule has 2 N–H and O–H groups in total. The highest BCUT2D eigenvalue weighted by atomic mass is 16.6. The van der Waals surface area contributed by atoms with E-state index in [0.29, 0.717) is 32.1 Å². The molecule has 7 aromatic carbocycles. The Hall–Kier alpha value is -10.8. The van der Waals surface area contributed by atoms with E-state index in [1.165, 1.54) is 12.1 Å². The SMILES string of the molecule is CC(C)C[C@@H](C(=O)N(CC=O)C(=O)[C@H](Cc1ccccc1)N(C(=O)OCc1ccccc1)C(=O)[C@H](CO)N(C(=O)OCc1ccccc1)C(=O)[C@H](C)NC(=O)OCc1ccccc1)N(C(=O)OCc1ccccc1)C(=O)OCC1c2ccccc2-c2ccccc21. The molecule has 0 unspecified atom stereocenters. The van der Waals surface area contributed by atoms with E-state index >= 15 is 19.2 Å². The predicted octanol–water partition coefficient (Wildman–Crippen LogP) is 10.2. The van der Waals surface area contributed by atoms with Crippen LogP contribution in [0.4, 0.5) is 24.0 Å².